The van der Waals surface area contributed by atoms with E-state index in [1.54, 1.807) is 0 Å². The molecule has 1 fully saturated rings. The lowest BCUT2D eigenvalue weighted by Crippen LogP contribution is -2.65. The number of aliphatic hydroxyl groups is 1. The molecule has 0 unspecified atom stereocenters. The van der Waals surface area contributed by atoms with Gasteiger partial charge in [0, 0.05) is 25.4 Å². The number of rotatable bonds is 6. The van der Waals surface area contributed by atoms with Gasteiger partial charge in [0.1, 0.15) is 6.10 Å². The molecule has 3 nitrogen and oxygen atoms in total. The van der Waals surface area contributed by atoms with Crippen LogP contribution in [0.3, 0.4) is 0 Å². The Morgan fingerprint density at radius 3 is 2.15 bits per heavy atom. The van der Waals surface area contributed by atoms with E-state index in [0.717, 1.165) is 7.11 Å². The summed E-state index contributed by atoms with van der Waals surface area (Å²) >= 11 is 0. The predicted molar refractivity (Wildman–Crippen MR) is 86.9 cm³/mol. The third-order valence-corrected chi connectivity index (χ3v) is 5.17. The number of halogens is 6. The second kappa shape index (κ2) is 8.51. The van der Waals surface area contributed by atoms with Crippen molar-refractivity contribution in [2.45, 2.75) is 70.5 Å². The Morgan fingerprint density at radius 1 is 1.22 bits per heavy atom. The van der Waals surface area contributed by atoms with Crippen molar-refractivity contribution in [1.29, 1.82) is 0 Å². The maximum atomic E-state index is 13.4. The molecule has 0 heterocycles. The first-order valence-corrected chi connectivity index (χ1v) is 8.76. The van der Waals surface area contributed by atoms with Crippen LogP contribution >= 0.6 is 0 Å². The summed E-state index contributed by atoms with van der Waals surface area (Å²) in [5.74, 6) is -4.06. The van der Waals surface area contributed by atoms with Gasteiger partial charge >= 0.3 is 12.4 Å². The molecule has 1 rings (SSSR count). The van der Waals surface area contributed by atoms with Gasteiger partial charge in [-0.3, -0.25) is 4.79 Å². The number of carbonyl (C=O) groups excluding carboxylic acids is 1. The van der Waals surface area contributed by atoms with Crippen LogP contribution < -0.4 is 0 Å². The minimum absolute atomic E-state index is 0.187. The second-order valence-corrected chi connectivity index (χ2v) is 7.47. The lowest BCUT2D eigenvalue weighted by Gasteiger charge is -2.46. The average Bonchev–Trinajstić information content (AvgIpc) is 2.51. The Morgan fingerprint density at radius 2 is 1.74 bits per heavy atom. The zero-order valence-electron chi connectivity index (χ0n) is 15.7. The van der Waals surface area contributed by atoms with Crippen molar-refractivity contribution in [3.63, 3.8) is 0 Å². The zero-order valence-corrected chi connectivity index (χ0v) is 15.7. The van der Waals surface area contributed by atoms with E-state index in [0.29, 0.717) is 18.8 Å². The molecule has 0 amide bonds. The number of ether oxygens (including phenoxy) is 1. The van der Waals surface area contributed by atoms with Gasteiger partial charge < -0.3 is 9.84 Å². The minimum Gasteiger partial charge on any atom is -0.373 e. The van der Waals surface area contributed by atoms with Gasteiger partial charge in [0.05, 0.1) is 0 Å². The van der Waals surface area contributed by atoms with Gasteiger partial charge in [0.2, 0.25) is 0 Å². The molecule has 158 valence electrons. The summed E-state index contributed by atoms with van der Waals surface area (Å²) in [7, 11) is 1.07. The summed E-state index contributed by atoms with van der Waals surface area (Å²) < 4.78 is 85.3. The lowest BCUT2D eigenvalue weighted by atomic mass is 9.65. The first-order valence-electron chi connectivity index (χ1n) is 8.76. The Balaban J connectivity index is 3.45. The van der Waals surface area contributed by atoms with Gasteiger partial charge in [-0.2, -0.15) is 26.3 Å². The van der Waals surface area contributed by atoms with E-state index in [1.165, 1.54) is 13.0 Å². The van der Waals surface area contributed by atoms with Crippen molar-refractivity contribution >= 4 is 5.78 Å². The topological polar surface area (TPSA) is 46.5 Å². The Labute approximate surface area is 154 Å². The molecule has 0 aliphatic heterocycles. The van der Waals surface area contributed by atoms with Crippen LogP contribution in [0.2, 0.25) is 0 Å². The summed E-state index contributed by atoms with van der Waals surface area (Å²) in [5.41, 5.74) is -4.73. The zero-order chi connectivity index (χ0) is 21.2. The summed E-state index contributed by atoms with van der Waals surface area (Å²) in [6.07, 6.45) is -11.9. The van der Waals surface area contributed by atoms with Crippen LogP contribution in [0.15, 0.2) is 11.6 Å². The Hall–Kier alpha value is -1.09. The van der Waals surface area contributed by atoms with E-state index in [9.17, 15) is 36.2 Å². The van der Waals surface area contributed by atoms with Crippen LogP contribution in [0.5, 0.6) is 0 Å². The minimum atomic E-state index is -5.94. The number of hydrogen-bond acceptors (Lipinski definition) is 3. The highest BCUT2D eigenvalue weighted by Crippen LogP contribution is 2.54. The van der Waals surface area contributed by atoms with Crippen molar-refractivity contribution in [2.24, 2.45) is 17.8 Å². The van der Waals surface area contributed by atoms with Crippen molar-refractivity contribution in [2.75, 3.05) is 7.11 Å². The maximum Gasteiger partial charge on any atom is 0.426 e. The third-order valence-electron chi connectivity index (χ3n) is 5.17. The molecule has 1 N–H and O–H groups in total. The van der Waals surface area contributed by atoms with Crippen LogP contribution in [-0.4, -0.2) is 42.1 Å². The van der Waals surface area contributed by atoms with Crippen LogP contribution in [0.25, 0.3) is 0 Å². The van der Waals surface area contributed by atoms with Crippen LogP contribution in [0.4, 0.5) is 26.3 Å². The molecule has 0 aromatic carbocycles. The lowest BCUT2D eigenvalue weighted by molar-refractivity contribution is -0.391. The van der Waals surface area contributed by atoms with Crippen molar-refractivity contribution in [3.8, 4) is 0 Å². The smallest absolute Gasteiger partial charge is 0.373 e. The van der Waals surface area contributed by atoms with E-state index in [2.05, 4.69) is 0 Å². The predicted octanol–water partition coefficient (Wildman–Crippen LogP) is 4.83. The summed E-state index contributed by atoms with van der Waals surface area (Å²) in [6, 6.07) is 0. The third kappa shape index (κ3) is 4.85. The fourth-order valence-electron chi connectivity index (χ4n) is 3.70. The van der Waals surface area contributed by atoms with E-state index in [4.69, 9.17) is 4.74 Å². The second-order valence-electron chi connectivity index (χ2n) is 7.47. The van der Waals surface area contributed by atoms with Gasteiger partial charge in [-0.1, -0.05) is 25.5 Å². The van der Waals surface area contributed by atoms with Gasteiger partial charge in [-0.25, -0.2) is 0 Å². The van der Waals surface area contributed by atoms with Gasteiger partial charge in [0.25, 0.3) is 5.60 Å². The van der Waals surface area contributed by atoms with E-state index in [-0.39, 0.29) is 5.57 Å². The normalized spacial score (nSPS) is 26.0. The number of Topliss-reactive ketones (excluding diaryl/α,β-unsaturated/α-hetero) is 1. The summed E-state index contributed by atoms with van der Waals surface area (Å²) in [4.78, 5) is 12.1. The first kappa shape index (κ1) is 23.9. The fraction of sp³-hybridized carbons (Fsp3) is 0.833. The van der Waals surface area contributed by atoms with Gasteiger partial charge in [-0.05, 0) is 32.1 Å². The fourth-order valence-corrected chi connectivity index (χ4v) is 3.70. The standard InChI is InChI=1S/C18H26F6O3/c1-10(2)6-5-7-11(3)14-12(8-9-13(25)15(14)27-4)16(26,17(19,20)21)18(22,23)24/h7,10,12,14-15,26H,5-6,8-9H2,1-4H3/b11-7+/t12-,14+,15+/m0/s1. The highest BCUT2D eigenvalue weighted by Gasteiger charge is 2.75. The molecule has 9 heteroatoms. The van der Waals surface area contributed by atoms with Gasteiger partial charge in [-0.15, -0.1) is 0 Å². The van der Waals surface area contributed by atoms with Crippen molar-refractivity contribution < 1.29 is 41.0 Å². The molecule has 0 radical (unpaired) electrons. The Bertz CT molecular complexity index is 536. The molecular formula is C18H26F6O3. The van der Waals surface area contributed by atoms with Crippen LogP contribution in [-0.2, 0) is 9.53 Å². The largest absolute Gasteiger partial charge is 0.426 e. The van der Waals surface area contributed by atoms with Crippen LogP contribution in [0.1, 0.15) is 46.5 Å². The quantitative estimate of drug-likeness (QED) is 0.509. The first-order chi connectivity index (χ1) is 12.2. The molecule has 0 spiro atoms. The molecule has 1 aliphatic carbocycles. The summed E-state index contributed by atoms with van der Waals surface area (Å²) in [5, 5.41) is 9.90. The SMILES string of the molecule is CO[C@@H]1C(=O)CC[C@H](C(O)(C(F)(F)F)C(F)(F)F)[C@H]1/C(C)=C/CCC(C)C. The summed E-state index contributed by atoms with van der Waals surface area (Å²) in [6.45, 7) is 5.25. The molecule has 1 aliphatic rings. The van der Waals surface area contributed by atoms with E-state index >= 15 is 0 Å². The molecular weight excluding hydrogens is 378 g/mol. The number of methoxy groups -OCH3 is 1. The molecule has 27 heavy (non-hydrogen) atoms. The molecule has 0 aromatic rings. The van der Waals surface area contributed by atoms with Crippen molar-refractivity contribution in [3.05, 3.63) is 11.6 Å². The molecule has 0 aromatic heterocycles. The number of allylic oxidation sites excluding steroid dienone is 1. The van der Waals surface area contributed by atoms with E-state index < -0.39 is 54.5 Å². The van der Waals surface area contributed by atoms with Gasteiger partial charge in [0.15, 0.2) is 5.78 Å². The molecule has 3 atom stereocenters. The highest BCUT2D eigenvalue weighted by atomic mass is 19.4. The van der Waals surface area contributed by atoms with E-state index in [1.807, 2.05) is 13.8 Å². The maximum absolute atomic E-state index is 13.4. The van der Waals surface area contributed by atoms with Crippen LogP contribution in [0, 0.1) is 17.8 Å². The number of alkyl halides is 6. The Kier molecular flexibility index (Phi) is 7.55. The monoisotopic (exact) mass is 404 g/mol. The molecule has 1 saturated carbocycles. The average molecular weight is 404 g/mol. The highest BCUT2D eigenvalue weighted by molar-refractivity contribution is 5.84. The molecule has 0 bridgehead atoms. The molecule has 0 saturated heterocycles. The number of carbonyl (C=O) groups is 1. The number of hydrogen-bond donors (Lipinski definition) is 1. The number of ketones is 1. The van der Waals surface area contributed by atoms with Crippen molar-refractivity contribution in [1.82, 2.24) is 0 Å².